The van der Waals surface area contributed by atoms with Gasteiger partial charge in [0.2, 0.25) is 0 Å². The van der Waals surface area contributed by atoms with Gasteiger partial charge < -0.3 is 5.73 Å². The first kappa shape index (κ1) is 14.7. The largest absolute Gasteiger partial charge is 0.396 e. The van der Waals surface area contributed by atoms with Crippen LogP contribution in [0, 0.1) is 11.6 Å². The third kappa shape index (κ3) is 2.88. The lowest BCUT2D eigenvalue weighted by Crippen LogP contribution is -2.17. The van der Waals surface area contributed by atoms with Crippen LogP contribution in [0.15, 0.2) is 40.0 Å². The van der Waals surface area contributed by atoms with Gasteiger partial charge in [-0.15, -0.1) is 0 Å². The molecule has 1 aromatic carbocycles. The summed E-state index contributed by atoms with van der Waals surface area (Å²) in [6.45, 7) is 0. The van der Waals surface area contributed by atoms with E-state index in [0.29, 0.717) is 6.07 Å². The second-order valence-electron chi connectivity index (χ2n) is 3.75. The number of hydrogen-bond acceptors (Lipinski definition) is 4. The maximum Gasteiger partial charge on any atom is 0.281 e. The molecule has 0 saturated carbocycles. The summed E-state index contributed by atoms with van der Waals surface area (Å²) in [5.74, 6) is -1.90. The number of aromatic nitrogens is 1. The number of anilines is 2. The highest BCUT2D eigenvalue weighted by Crippen LogP contribution is 2.29. The summed E-state index contributed by atoms with van der Waals surface area (Å²) >= 11 is 2.88. The Morgan fingerprint density at radius 3 is 2.60 bits per heavy atom. The number of rotatable bonds is 3. The third-order valence-corrected chi connectivity index (χ3v) is 4.25. The van der Waals surface area contributed by atoms with Gasteiger partial charge in [0, 0.05) is 16.7 Å². The number of nitrogens with one attached hydrogen (secondary N) is 1. The first-order valence-corrected chi connectivity index (χ1v) is 7.47. The molecule has 0 fully saturated rings. The van der Waals surface area contributed by atoms with Crippen molar-refractivity contribution < 1.29 is 17.2 Å². The van der Waals surface area contributed by atoms with Crippen molar-refractivity contribution in [3.8, 4) is 0 Å². The molecule has 3 N–H and O–H groups in total. The molecule has 1 heterocycles. The summed E-state index contributed by atoms with van der Waals surface area (Å²) < 4.78 is 52.6. The minimum atomic E-state index is -4.18. The first-order chi connectivity index (χ1) is 9.31. The van der Waals surface area contributed by atoms with Crippen LogP contribution in [0.2, 0.25) is 0 Å². The monoisotopic (exact) mass is 363 g/mol. The summed E-state index contributed by atoms with van der Waals surface area (Å²) in [6, 6.07) is 4.30. The van der Waals surface area contributed by atoms with Crippen molar-refractivity contribution in [2.75, 3.05) is 10.5 Å². The molecule has 2 aromatic rings. The standard InChI is InChI=1S/C11H8BrF2N3O2S/c12-7-4-6(13)5-8(14)10(7)17-20(18,19)11-9(15)2-1-3-16-11/h1-5,17H,15H2. The van der Waals surface area contributed by atoms with Crippen LogP contribution in [-0.4, -0.2) is 13.4 Å². The van der Waals surface area contributed by atoms with E-state index in [0.717, 1.165) is 6.07 Å². The molecule has 0 aliphatic rings. The number of halogens is 3. The molecular weight excluding hydrogens is 356 g/mol. The summed E-state index contributed by atoms with van der Waals surface area (Å²) in [6.07, 6.45) is 1.24. The van der Waals surface area contributed by atoms with E-state index in [1.807, 2.05) is 4.72 Å². The zero-order valence-corrected chi connectivity index (χ0v) is 12.2. The number of hydrogen-bond donors (Lipinski definition) is 2. The minimum absolute atomic E-state index is 0.0759. The highest BCUT2D eigenvalue weighted by molar-refractivity contribution is 9.10. The average Bonchev–Trinajstić information content (AvgIpc) is 2.34. The van der Waals surface area contributed by atoms with Crippen molar-refractivity contribution in [2.24, 2.45) is 0 Å². The van der Waals surface area contributed by atoms with E-state index < -0.39 is 32.4 Å². The van der Waals surface area contributed by atoms with E-state index in [1.165, 1.54) is 18.3 Å². The number of pyridine rings is 1. The van der Waals surface area contributed by atoms with Crippen molar-refractivity contribution in [3.63, 3.8) is 0 Å². The Labute approximate surface area is 122 Å². The van der Waals surface area contributed by atoms with Gasteiger partial charge in [0.05, 0.1) is 11.4 Å². The van der Waals surface area contributed by atoms with Crippen LogP contribution in [0.1, 0.15) is 0 Å². The molecule has 9 heteroatoms. The number of nitrogens with two attached hydrogens (primary N) is 1. The van der Waals surface area contributed by atoms with Gasteiger partial charge in [0.25, 0.3) is 10.0 Å². The van der Waals surface area contributed by atoms with E-state index in [-0.39, 0.29) is 10.2 Å². The molecule has 5 nitrogen and oxygen atoms in total. The van der Waals surface area contributed by atoms with Crippen molar-refractivity contribution >= 4 is 37.3 Å². The van der Waals surface area contributed by atoms with E-state index in [1.54, 1.807) is 0 Å². The van der Waals surface area contributed by atoms with Gasteiger partial charge in [-0.25, -0.2) is 13.8 Å². The van der Waals surface area contributed by atoms with Crippen LogP contribution in [-0.2, 0) is 10.0 Å². The van der Waals surface area contributed by atoms with Crippen LogP contribution in [0.3, 0.4) is 0 Å². The smallest absolute Gasteiger partial charge is 0.281 e. The summed E-state index contributed by atoms with van der Waals surface area (Å²) in [5.41, 5.74) is 5.01. The normalized spacial score (nSPS) is 11.3. The molecule has 0 atom stereocenters. The summed E-state index contributed by atoms with van der Waals surface area (Å²) in [4.78, 5) is 3.64. The van der Waals surface area contributed by atoms with Gasteiger partial charge in [0.15, 0.2) is 10.8 Å². The van der Waals surface area contributed by atoms with Gasteiger partial charge in [-0.1, -0.05) is 0 Å². The lowest BCUT2D eigenvalue weighted by Gasteiger charge is -2.11. The quantitative estimate of drug-likeness (QED) is 0.877. The predicted octanol–water partition coefficient (Wildman–Crippen LogP) is 2.51. The Bertz CT molecular complexity index is 745. The Kier molecular flexibility index (Phi) is 3.91. The van der Waals surface area contributed by atoms with Crippen LogP contribution >= 0.6 is 15.9 Å². The number of benzene rings is 1. The zero-order valence-electron chi connectivity index (χ0n) is 9.77. The van der Waals surface area contributed by atoms with Crippen LogP contribution in [0.4, 0.5) is 20.2 Å². The highest BCUT2D eigenvalue weighted by atomic mass is 79.9. The van der Waals surface area contributed by atoms with Gasteiger partial charge in [-0.3, -0.25) is 4.72 Å². The van der Waals surface area contributed by atoms with E-state index in [4.69, 9.17) is 5.73 Å². The molecule has 0 aliphatic heterocycles. The predicted molar refractivity (Wildman–Crippen MR) is 73.5 cm³/mol. The molecule has 106 valence electrons. The molecule has 0 bridgehead atoms. The van der Waals surface area contributed by atoms with E-state index in [9.17, 15) is 17.2 Å². The first-order valence-electron chi connectivity index (χ1n) is 5.19. The fraction of sp³-hybridized carbons (Fsp3) is 0. The van der Waals surface area contributed by atoms with E-state index >= 15 is 0 Å². The molecule has 0 radical (unpaired) electrons. The van der Waals surface area contributed by atoms with Gasteiger partial charge in [0.1, 0.15) is 5.82 Å². The maximum absolute atomic E-state index is 13.6. The fourth-order valence-corrected chi connectivity index (χ4v) is 3.24. The molecule has 1 aromatic heterocycles. The minimum Gasteiger partial charge on any atom is -0.396 e. The van der Waals surface area contributed by atoms with Gasteiger partial charge in [-0.2, -0.15) is 8.42 Å². The third-order valence-electron chi connectivity index (χ3n) is 2.30. The van der Waals surface area contributed by atoms with Crippen molar-refractivity contribution in [1.82, 2.24) is 4.98 Å². The Morgan fingerprint density at radius 1 is 1.30 bits per heavy atom. The van der Waals surface area contributed by atoms with Crippen LogP contribution < -0.4 is 10.5 Å². The Balaban J connectivity index is 2.47. The molecular formula is C11H8BrF2N3O2S. The zero-order chi connectivity index (χ0) is 14.9. The van der Waals surface area contributed by atoms with Gasteiger partial charge in [-0.05, 0) is 34.1 Å². The molecule has 0 saturated heterocycles. The highest BCUT2D eigenvalue weighted by Gasteiger charge is 2.22. The molecule has 0 aliphatic carbocycles. The second kappa shape index (κ2) is 5.33. The Morgan fingerprint density at radius 2 is 2.00 bits per heavy atom. The fourth-order valence-electron chi connectivity index (χ4n) is 1.45. The summed E-state index contributed by atoms with van der Waals surface area (Å²) in [5, 5.41) is -0.435. The van der Waals surface area contributed by atoms with Crippen molar-refractivity contribution in [3.05, 3.63) is 46.6 Å². The van der Waals surface area contributed by atoms with Crippen LogP contribution in [0.25, 0.3) is 0 Å². The Hall–Kier alpha value is -1.74. The number of nitrogens with zero attached hydrogens (tertiary/aromatic N) is 1. The van der Waals surface area contributed by atoms with Gasteiger partial charge >= 0.3 is 0 Å². The summed E-state index contributed by atoms with van der Waals surface area (Å²) in [7, 11) is -4.18. The maximum atomic E-state index is 13.6. The topological polar surface area (TPSA) is 85.1 Å². The van der Waals surface area contributed by atoms with Crippen LogP contribution in [0.5, 0.6) is 0 Å². The molecule has 2 rings (SSSR count). The van der Waals surface area contributed by atoms with Crippen molar-refractivity contribution in [1.29, 1.82) is 0 Å². The number of nitrogen functional groups attached to an aromatic ring is 1. The number of sulfonamides is 1. The average molecular weight is 364 g/mol. The second-order valence-corrected chi connectivity index (χ2v) is 6.20. The molecule has 0 amide bonds. The van der Waals surface area contributed by atoms with Crippen molar-refractivity contribution in [2.45, 2.75) is 5.03 Å². The van der Waals surface area contributed by atoms with E-state index in [2.05, 4.69) is 20.9 Å². The molecule has 20 heavy (non-hydrogen) atoms. The lowest BCUT2D eigenvalue weighted by molar-refractivity contribution is 0.581. The lowest BCUT2D eigenvalue weighted by atomic mass is 10.3. The molecule has 0 spiro atoms. The SMILES string of the molecule is Nc1cccnc1S(=O)(=O)Nc1c(F)cc(F)cc1Br. The molecule has 0 unspecified atom stereocenters.